The number of methoxy groups -OCH3 is 2. The normalized spacial score (nSPS) is 16.0. The van der Waals surface area contributed by atoms with E-state index in [9.17, 15) is 28.6 Å². The van der Waals surface area contributed by atoms with Crippen LogP contribution in [0.2, 0.25) is 0 Å². The zero-order chi connectivity index (χ0) is 47.7. The Morgan fingerprint density at radius 1 is 0.773 bits per heavy atom. The van der Waals surface area contributed by atoms with Crippen LogP contribution >= 0.6 is 15.9 Å². The van der Waals surface area contributed by atoms with Gasteiger partial charge in [-0.25, -0.2) is 54.2 Å². The number of hydrogen-bond donors (Lipinski definition) is 7. The molecule has 2 aromatic carbocycles. The van der Waals surface area contributed by atoms with Gasteiger partial charge in [0.2, 0.25) is 17.8 Å². The predicted octanol–water partition coefficient (Wildman–Crippen LogP) is 3.74. The number of aliphatic hydroxyl groups is 2. The average Bonchev–Trinajstić information content (AvgIpc) is 3.28. The van der Waals surface area contributed by atoms with Gasteiger partial charge < -0.3 is 36.3 Å². The summed E-state index contributed by atoms with van der Waals surface area (Å²) in [7, 11) is 2.70. The van der Waals surface area contributed by atoms with E-state index in [1.54, 1.807) is 44.2 Å². The molecule has 2 aliphatic rings. The van der Waals surface area contributed by atoms with Crippen molar-refractivity contribution in [2.45, 2.75) is 63.8 Å². The highest BCUT2D eigenvalue weighted by Gasteiger charge is 2.30. The molecule has 4 atom stereocenters. The molecule has 0 spiro atoms. The fraction of sp³-hybridized carbons (Fsp3) is 0.326. The zero-order valence-electron chi connectivity index (χ0n) is 36.0. The molecule has 7 rings (SSSR count). The van der Waals surface area contributed by atoms with E-state index in [2.05, 4.69) is 56.5 Å². The van der Waals surface area contributed by atoms with Crippen LogP contribution in [-0.2, 0) is 36.8 Å². The minimum Gasteiger partial charge on any atom is -0.481 e. The van der Waals surface area contributed by atoms with Gasteiger partial charge in [0.1, 0.15) is 11.6 Å². The number of aliphatic carboxylic acids is 1. The number of ether oxygens (including phenoxy) is 2. The number of carboxylic acid groups (broad SMARTS) is 1. The number of halogens is 3. The van der Waals surface area contributed by atoms with Crippen LogP contribution < -0.4 is 27.2 Å². The molecular weight excluding hydrogens is 932 g/mol. The summed E-state index contributed by atoms with van der Waals surface area (Å²) >= 11 is 3.38. The van der Waals surface area contributed by atoms with Crippen molar-refractivity contribution in [3.63, 3.8) is 0 Å². The summed E-state index contributed by atoms with van der Waals surface area (Å²) in [4.78, 5) is 64.0. The number of nitrogens with zero attached hydrogens (tertiary/aromatic N) is 7. The van der Waals surface area contributed by atoms with E-state index < -0.39 is 36.0 Å². The maximum Gasteiger partial charge on any atom is 0.334 e. The van der Waals surface area contributed by atoms with E-state index in [0.717, 1.165) is 5.56 Å². The van der Waals surface area contributed by atoms with Crippen LogP contribution in [0.3, 0.4) is 0 Å². The number of aryl methyl sites for hydroxylation is 2. The first kappa shape index (κ1) is 48.7. The summed E-state index contributed by atoms with van der Waals surface area (Å²) < 4.78 is 38.1. The first-order chi connectivity index (χ1) is 31.6. The number of hydrogen-bond acceptors (Lipinski definition) is 19. The Bertz CT molecular complexity index is 2660. The Morgan fingerprint density at radius 2 is 1.30 bits per heavy atom. The number of pyridine rings is 1. The standard InChI is InChI=1S/C24H25FN6O5.C19H21BrFN5O4/c1-12-21-18(30-24(26)27-12)11-17(29-22(21)31-36-9-8-19(32)23(33)34)14-7-6-13(25)10-15(14)16-4-3-5-20(28-16)35-2;1-9-16-14(25-19(22)23-9)8-13(11-4-3-10(21)7-12(11)20)24-17(16)26-30-6-5-15(27)18(28)29-2/h3-7,10,17,19,32H,8-9,11H2,1-2H3,(H,29,31)(H,33,34)(H2,26,27,30);3-4,7,13,15,27H,5-6,8H2,1-2H3,(H,24,26)(H2,22,23,25)/t17-,19+;13-,15+/m11/s1. The number of amidine groups is 2. The number of aromatic nitrogens is 5. The van der Waals surface area contributed by atoms with Gasteiger partial charge in [-0.1, -0.05) is 34.1 Å². The molecule has 23 heteroatoms. The van der Waals surface area contributed by atoms with E-state index in [1.165, 1.54) is 38.5 Å². The third kappa shape index (κ3) is 11.9. The Hall–Kier alpha value is -6.79. The third-order valence-corrected chi connectivity index (χ3v) is 10.9. The number of aliphatic imine (C=N–C) groups is 2. The SMILES string of the molecule is COC(=O)[C@@H](O)CCONC1=N[C@@H](c2ccc(F)cc2Br)Cc2nc(N)nc(C)c21.COc1cccc(-c2cc(F)ccc2[C@H]2Cc3nc(N)nc(C)c3C(NOCC[C@H](O)C(=O)O)=N2)n1. The number of nitrogens with one attached hydrogen (secondary N) is 2. The van der Waals surface area contributed by atoms with Crippen LogP contribution in [0.25, 0.3) is 11.3 Å². The molecule has 348 valence electrons. The number of nitrogen functional groups attached to an aromatic ring is 2. The largest absolute Gasteiger partial charge is 0.481 e. The lowest BCUT2D eigenvalue weighted by Crippen LogP contribution is -2.33. The minimum absolute atomic E-state index is 0.0183. The quantitative estimate of drug-likeness (QED) is 0.0474. The van der Waals surface area contributed by atoms with Crippen molar-refractivity contribution in [2.24, 2.45) is 9.98 Å². The van der Waals surface area contributed by atoms with Gasteiger partial charge in [0, 0.05) is 41.8 Å². The second-order valence-electron chi connectivity index (χ2n) is 14.7. The number of anilines is 2. The monoisotopic (exact) mass is 977 g/mol. The third-order valence-electron chi connectivity index (χ3n) is 10.2. The average molecular weight is 979 g/mol. The van der Waals surface area contributed by atoms with Crippen LogP contribution in [0, 0.1) is 25.5 Å². The summed E-state index contributed by atoms with van der Waals surface area (Å²) in [5.74, 6) is -1.56. The number of esters is 1. The number of carboxylic acids is 1. The lowest BCUT2D eigenvalue weighted by atomic mass is 9.91. The lowest BCUT2D eigenvalue weighted by molar-refractivity contribution is -0.151. The highest BCUT2D eigenvalue weighted by Crippen LogP contribution is 2.37. The molecule has 0 amide bonds. The molecule has 0 saturated heterocycles. The summed E-state index contributed by atoms with van der Waals surface area (Å²) in [6.45, 7) is 3.45. The van der Waals surface area contributed by atoms with Crippen LogP contribution in [-0.4, -0.2) is 103 Å². The first-order valence-corrected chi connectivity index (χ1v) is 21.0. The van der Waals surface area contributed by atoms with Crippen LogP contribution in [0.1, 0.15) is 70.0 Å². The van der Waals surface area contributed by atoms with Gasteiger partial charge in [-0.15, -0.1) is 0 Å². The van der Waals surface area contributed by atoms with Gasteiger partial charge in [-0.2, -0.15) is 0 Å². The highest BCUT2D eigenvalue weighted by atomic mass is 79.9. The molecule has 0 bridgehead atoms. The van der Waals surface area contributed by atoms with Gasteiger partial charge in [0.15, 0.2) is 23.9 Å². The fourth-order valence-corrected chi connectivity index (χ4v) is 7.70. The first-order valence-electron chi connectivity index (χ1n) is 20.2. The molecule has 5 heterocycles. The van der Waals surface area contributed by atoms with E-state index in [-0.39, 0.29) is 49.8 Å². The molecule has 0 fully saturated rings. The van der Waals surface area contributed by atoms with E-state index in [0.29, 0.717) is 85.6 Å². The van der Waals surface area contributed by atoms with Crippen molar-refractivity contribution in [1.29, 1.82) is 0 Å². The fourth-order valence-electron chi connectivity index (χ4n) is 7.08. The van der Waals surface area contributed by atoms with Gasteiger partial charge >= 0.3 is 11.9 Å². The minimum atomic E-state index is -1.55. The zero-order valence-corrected chi connectivity index (χ0v) is 37.5. The van der Waals surface area contributed by atoms with Crippen LogP contribution in [0.5, 0.6) is 5.88 Å². The van der Waals surface area contributed by atoms with Gasteiger partial charge in [0.25, 0.3) is 0 Å². The summed E-state index contributed by atoms with van der Waals surface area (Å²) in [6, 6.07) is 13.1. The number of nitrogens with two attached hydrogens (primary N) is 2. The van der Waals surface area contributed by atoms with Crippen molar-refractivity contribution in [3.05, 3.63) is 116 Å². The molecular formula is C43H46BrF2N11O9. The molecule has 3 aromatic heterocycles. The number of hydroxylamine groups is 2. The van der Waals surface area contributed by atoms with Gasteiger partial charge in [-0.05, 0) is 55.3 Å². The molecule has 66 heavy (non-hydrogen) atoms. The van der Waals surface area contributed by atoms with Crippen LogP contribution in [0.4, 0.5) is 20.7 Å². The molecule has 0 saturated carbocycles. The smallest absolute Gasteiger partial charge is 0.334 e. The number of benzene rings is 2. The van der Waals surface area contributed by atoms with E-state index >= 15 is 0 Å². The Balaban J connectivity index is 0.000000222. The number of fused-ring (bicyclic) bond motifs is 2. The van der Waals surface area contributed by atoms with Crippen molar-refractivity contribution in [2.75, 3.05) is 38.9 Å². The predicted molar refractivity (Wildman–Crippen MR) is 238 cm³/mol. The summed E-state index contributed by atoms with van der Waals surface area (Å²) in [5, 5.41) is 28.0. The molecule has 9 N–H and O–H groups in total. The summed E-state index contributed by atoms with van der Waals surface area (Å²) in [6.07, 6.45) is -2.14. The molecule has 20 nitrogen and oxygen atoms in total. The molecule has 5 aromatic rings. The molecule has 0 unspecified atom stereocenters. The van der Waals surface area contributed by atoms with E-state index in [1.807, 2.05) is 0 Å². The number of carbonyl (C=O) groups is 2. The highest BCUT2D eigenvalue weighted by molar-refractivity contribution is 9.10. The van der Waals surface area contributed by atoms with Crippen molar-refractivity contribution < 1.29 is 52.8 Å². The Morgan fingerprint density at radius 3 is 1.83 bits per heavy atom. The Kier molecular flexibility index (Phi) is 16.2. The molecule has 0 aliphatic carbocycles. The van der Waals surface area contributed by atoms with Crippen molar-refractivity contribution in [3.8, 4) is 17.1 Å². The van der Waals surface area contributed by atoms with Crippen molar-refractivity contribution >= 4 is 51.4 Å². The summed E-state index contributed by atoms with van der Waals surface area (Å²) in [5.41, 5.74) is 23.5. The number of rotatable bonds is 14. The maximum atomic E-state index is 14.3. The van der Waals surface area contributed by atoms with Crippen molar-refractivity contribution in [1.82, 2.24) is 35.9 Å². The molecule has 0 radical (unpaired) electrons. The van der Waals surface area contributed by atoms with Crippen LogP contribution in [0.15, 0.2) is 69.1 Å². The topological polar surface area (TPSA) is 297 Å². The molecule has 2 aliphatic heterocycles. The second kappa shape index (κ2) is 21.9. The van der Waals surface area contributed by atoms with E-state index in [4.69, 9.17) is 41.0 Å². The number of carbonyl (C=O) groups excluding carboxylic acids is 1. The van der Waals surface area contributed by atoms with Gasteiger partial charge in [0.05, 0.1) is 79.1 Å². The van der Waals surface area contributed by atoms with Gasteiger partial charge in [-0.3, -0.25) is 19.7 Å². The lowest BCUT2D eigenvalue weighted by Gasteiger charge is -2.26. The second-order valence-corrected chi connectivity index (χ2v) is 15.6. The number of aliphatic hydroxyl groups excluding tert-OH is 2. The maximum absolute atomic E-state index is 14.3. The Labute approximate surface area is 384 Å².